The Morgan fingerprint density at radius 1 is 1.12 bits per heavy atom. The molecule has 0 saturated heterocycles. The fourth-order valence-electron chi connectivity index (χ4n) is 1.66. The van der Waals surface area contributed by atoms with Crippen LogP contribution in [0.15, 0.2) is 42.6 Å². The van der Waals surface area contributed by atoms with Crippen LogP contribution in [0.25, 0.3) is 0 Å². The van der Waals surface area contributed by atoms with Crippen LogP contribution in [0, 0.1) is 13.8 Å². The lowest BCUT2D eigenvalue weighted by molar-refractivity contribution is -0.389. The number of benzene rings is 1. The molecule has 2 nitrogen and oxygen atoms in total. The summed E-state index contributed by atoms with van der Waals surface area (Å²) in [4.78, 5) is 3.21. The van der Waals surface area contributed by atoms with Crippen molar-refractivity contribution in [1.29, 1.82) is 0 Å². The van der Waals surface area contributed by atoms with Crippen LogP contribution < -0.4 is 10.3 Å². The van der Waals surface area contributed by atoms with Crippen LogP contribution in [0.5, 0.6) is 0 Å². The van der Waals surface area contributed by atoms with Crippen molar-refractivity contribution in [3.63, 3.8) is 0 Å². The van der Waals surface area contributed by atoms with Crippen molar-refractivity contribution in [3.8, 4) is 0 Å². The Balaban J connectivity index is 2.08. The third kappa shape index (κ3) is 2.60. The van der Waals surface area contributed by atoms with E-state index in [0.717, 1.165) is 6.54 Å². The van der Waals surface area contributed by atoms with Crippen LogP contribution in [0.2, 0.25) is 0 Å². The maximum Gasteiger partial charge on any atom is 0.198 e. The quantitative estimate of drug-likeness (QED) is 0.833. The molecular weight excluding hydrogens is 196 g/mol. The van der Waals surface area contributed by atoms with E-state index in [2.05, 4.69) is 48.4 Å². The second-order valence-electron chi connectivity index (χ2n) is 4.06. The van der Waals surface area contributed by atoms with Crippen molar-refractivity contribution in [2.45, 2.75) is 20.4 Å². The number of hydrogen-bond acceptors (Lipinski definition) is 1. The first kappa shape index (κ1) is 10.7. The molecule has 0 aliphatic heterocycles. The van der Waals surface area contributed by atoms with Gasteiger partial charge < -0.3 is 5.32 Å². The third-order valence-electron chi connectivity index (χ3n) is 2.64. The van der Waals surface area contributed by atoms with E-state index in [1.54, 1.807) is 0 Å². The highest BCUT2D eigenvalue weighted by atomic mass is 14.9. The molecular formula is C14H17N2+. The average Bonchev–Trinajstić information content (AvgIpc) is 2.32. The number of aromatic nitrogens is 1. The van der Waals surface area contributed by atoms with Crippen molar-refractivity contribution in [2.75, 3.05) is 5.32 Å². The number of pyridine rings is 1. The first-order chi connectivity index (χ1) is 7.75. The molecule has 0 aliphatic carbocycles. The van der Waals surface area contributed by atoms with Gasteiger partial charge in [0.05, 0.1) is 0 Å². The van der Waals surface area contributed by atoms with Crippen molar-refractivity contribution in [3.05, 3.63) is 59.4 Å². The Kier molecular flexibility index (Phi) is 3.20. The average molecular weight is 213 g/mol. The predicted molar refractivity (Wildman–Crippen MR) is 66.2 cm³/mol. The van der Waals surface area contributed by atoms with Crippen LogP contribution in [-0.2, 0) is 6.54 Å². The summed E-state index contributed by atoms with van der Waals surface area (Å²) in [5.41, 5.74) is 4.95. The number of nitrogens with one attached hydrogen (secondary N) is 2. The summed E-state index contributed by atoms with van der Waals surface area (Å²) in [6.45, 7) is 5.06. The number of H-pyrrole nitrogens is 1. The van der Waals surface area contributed by atoms with Crippen LogP contribution in [-0.4, -0.2) is 0 Å². The van der Waals surface area contributed by atoms with Crippen molar-refractivity contribution >= 4 is 5.69 Å². The molecule has 2 rings (SSSR count). The van der Waals surface area contributed by atoms with Gasteiger partial charge in [0, 0.05) is 17.8 Å². The molecule has 0 unspecified atom stereocenters. The summed E-state index contributed by atoms with van der Waals surface area (Å²) in [7, 11) is 0. The lowest BCUT2D eigenvalue weighted by Gasteiger charge is -2.08. The highest BCUT2D eigenvalue weighted by molar-refractivity contribution is 5.52. The zero-order valence-corrected chi connectivity index (χ0v) is 9.75. The molecule has 0 bridgehead atoms. The zero-order chi connectivity index (χ0) is 11.4. The molecule has 1 aromatic carbocycles. The Hall–Kier alpha value is -1.83. The maximum absolute atomic E-state index is 3.44. The minimum absolute atomic E-state index is 0.825. The van der Waals surface area contributed by atoms with Gasteiger partial charge >= 0.3 is 0 Å². The van der Waals surface area contributed by atoms with Gasteiger partial charge in [-0.05, 0) is 31.0 Å². The molecule has 2 heteroatoms. The first-order valence-corrected chi connectivity index (χ1v) is 5.52. The van der Waals surface area contributed by atoms with E-state index >= 15 is 0 Å². The molecule has 1 aromatic heterocycles. The van der Waals surface area contributed by atoms with Crippen molar-refractivity contribution in [1.82, 2.24) is 0 Å². The molecule has 0 radical (unpaired) electrons. The predicted octanol–water partition coefficient (Wildman–Crippen LogP) is 2.73. The number of anilines is 1. The van der Waals surface area contributed by atoms with Gasteiger partial charge in [0.2, 0.25) is 0 Å². The van der Waals surface area contributed by atoms with Gasteiger partial charge in [0.15, 0.2) is 11.9 Å². The molecule has 2 aromatic rings. The van der Waals surface area contributed by atoms with E-state index < -0.39 is 0 Å². The van der Waals surface area contributed by atoms with Gasteiger partial charge in [0.1, 0.15) is 6.54 Å². The normalized spacial score (nSPS) is 10.1. The molecule has 1 heterocycles. The Labute approximate surface area is 96.4 Å². The van der Waals surface area contributed by atoms with Crippen molar-refractivity contribution < 1.29 is 4.98 Å². The van der Waals surface area contributed by atoms with E-state index in [9.17, 15) is 0 Å². The second kappa shape index (κ2) is 4.79. The van der Waals surface area contributed by atoms with E-state index in [0.29, 0.717) is 0 Å². The third-order valence-corrected chi connectivity index (χ3v) is 2.64. The van der Waals surface area contributed by atoms with Crippen LogP contribution >= 0.6 is 0 Å². The van der Waals surface area contributed by atoms with Gasteiger partial charge in [-0.1, -0.05) is 18.2 Å². The summed E-state index contributed by atoms with van der Waals surface area (Å²) < 4.78 is 0. The smallest absolute Gasteiger partial charge is 0.198 e. The summed E-state index contributed by atoms with van der Waals surface area (Å²) in [5, 5.41) is 3.44. The van der Waals surface area contributed by atoms with Crippen molar-refractivity contribution in [2.24, 2.45) is 0 Å². The standard InChI is InChI=1S/C14H16N2/c1-11-6-7-12(2)14(9-11)16-10-13-5-3-4-8-15-13/h3-9,16H,10H2,1-2H3/p+1. The van der Waals surface area contributed by atoms with Gasteiger partial charge in [-0.25, -0.2) is 4.98 Å². The summed E-state index contributed by atoms with van der Waals surface area (Å²) in [6, 6.07) is 12.6. The van der Waals surface area contributed by atoms with Crippen LogP contribution in [0.4, 0.5) is 5.69 Å². The summed E-state index contributed by atoms with van der Waals surface area (Å²) in [6.07, 6.45) is 1.94. The Morgan fingerprint density at radius 3 is 2.75 bits per heavy atom. The molecule has 82 valence electrons. The van der Waals surface area contributed by atoms with Gasteiger partial charge in [-0.2, -0.15) is 0 Å². The second-order valence-corrected chi connectivity index (χ2v) is 4.06. The molecule has 0 atom stereocenters. The molecule has 0 aliphatic rings. The SMILES string of the molecule is Cc1ccc(C)c(NCc2cccc[nH+]2)c1. The fourth-order valence-corrected chi connectivity index (χ4v) is 1.66. The van der Waals surface area contributed by atoms with E-state index in [1.807, 2.05) is 18.3 Å². The highest BCUT2D eigenvalue weighted by Crippen LogP contribution is 2.16. The lowest BCUT2D eigenvalue weighted by atomic mass is 10.1. The monoisotopic (exact) mass is 213 g/mol. The summed E-state index contributed by atoms with van der Waals surface area (Å²) in [5.74, 6) is 0. The number of aromatic amines is 1. The molecule has 0 amide bonds. The van der Waals surface area contributed by atoms with E-state index in [1.165, 1.54) is 22.5 Å². The molecule has 2 N–H and O–H groups in total. The fraction of sp³-hybridized carbons (Fsp3) is 0.214. The maximum atomic E-state index is 3.44. The molecule has 16 heavy (non-hydrogen) atoms. The lowest BCUT2D eigenvalue weighted by Crippen LogP contribution is -2.13. The van der Waals surface area contributed by atoms with Gasteiger partial charge in [-0.3, -0.25) is 0 Å². The van der Waals surface area contributed by atoms with Crippen LogP contribution in [0.3, 0.4) is 0 Å². The number of rotatable bonds is 3. The van der Waals surface area contributed by atoms with E-state index in [-0.39, 0.29) is 0 Å². The van der Waals surface area contributed by atoms with E-state index in [4.69, 9.17) is 0 Å². The minimum Gasteiger partial charge on any atom is -0.375 e. The largest absolute Gasteiger partial charge is 0.375 e. The molecule has 0 fully saturated rings. The molecule has 0 saturated carbocycles. The van der Waals surface area contributed by atoms with Gasteiger partial charge in [0.25, 0.3) is 0 Å². The minimum atomic E-state index is 0.825. The Morgan fingerprint density at radius 2 is 2.00 bits per heavy atom. The topological polar surface area (TPSA) is 26.2 Å². The first-order valence-electron chi connectivity index (χ1n) is 5.52. The Bertz CT molecular complexity index is 463. The summed E-state index contributed by atoms with van der Waals surface area (Å²) >= 11 is 0. The highest BCUT2D eigenvalue weighted by Gasteiger charge is 2.01. The zero-order valence-electron chi connectivity index (χ0n) is 9.75. The number of hydrogen-bond donors (Lipinski definition) is 1. The molecule has 0 spiro atoms. The number of aryl methyl sites for hydroxylation is 2. The van der Waals surface area contributed by atoms with Crippen LogP contribution in [0.1, 0.15) is 16.8 Å². The van der Waals surface area contributed by atoms with Gasteiger partial charge in [-0.15, -0.1) is 0 Å².